The molecular weight excluding hydrogens is 236 g/mol. The Morgan fingerprint density at radius 1 is 1.60 bits per heavy atom. The first-order valence-electron chi connectivity index (χ1n) is 4.39. The quantitative estimate of drug-likeness (QED) is 0.786. The van der Waals surface area contributed by atoms with Crippen LogP contribution in [0.25, 0.3) is 0 Å². The summed E-state index contributed by atoms with van der Waals surface area (Å²) in [5, 5.41) is 8.04. The second-order valence-corrected chi connectivity index (χ2v) is 5.21. The van der Waals surface area contributed by atoms with Crippen molar-refractivity contribution in [3.63, 3.8) is 0 Å². The van der Waals surface area contributed by atoms with Crippen LogP contribution >= 0.6 is 23.1 Å². The molecule has 0 aromatic carbocycles. The summed E-state index contributed by atoms with van der Waals surface area (Å²) in [5.74, 6) is 0.781. The SMILES string of the molecule is Nc1nnc(SCCN2CCOC2=O)s1. The molecule has 1 saturated heterocycles. The number of thioether (sulfide) groups is 1. The van der Waals surface area contributed by atoms with Gasteiger partial charge in [-0.2, -0.15) is 0 Å². The van der Waals surface area contributed by atoms with Crippen LogP contribution in [0.4, 0.5) is 9.93 Å². The molecule has 1 amide bonds. The smallest absolute Gasteiger partial charge is 0.409 e. The molecule has 0 bridgehead atoms. The van der Waals surface area contributed by atoms with E-state index in [1.165, 1.54) is 11.3 Å². The maximum Gasteiger partial charge on any atom is 0.409 e. The number of carbonyl (C=O) groups excluding carboxylic acids is 1. The van der Waals surface area contributed by atoms with Gasteiger partial charge in [0.2, 0.25) is 5.13 Å². The fourth-order valence-corrected chi connectivity index (χ4v) is 2.82. The summed E-state index contributed by atoms with van der Waals surface area (Å²) in [6.45, 7) is 1.84. The van der Waals surface area contributed by atoms with Gasteiger partial charge in [-0.3, -0.25) is 0 Å². The van der Waals surface area contributed by atoms with Gasteiger partial charge >= 0.3 is 6.09 Å². The number of rotatable bonds is 4. The van der Waals surface area contributed by atoms with Gasteiger partial charge in [-0.25, -0.2) is 4.79 Å². The van der Waals surface area contributed by atoms with Crippen LogP contribution in [0.1, 0.15) is 0 Å². The number of ether oxygens (including phenoxy) is 1. The van der Waals surface area contributed by atoms with Crippen molar-refractivity contribution < 1.29 is 9.53 Å². The number of aromatic nitrogens is 2. The molecule has 82 valence electrons. The zero-order valence-corrected chi connectivity index (χ0v) is 9.51. The van der Waals surface area contributed by atoms with Crippen LogP contribution in [-0.2, 0) is 4.74 Å². The Kier molecular flexibility index (Phi) is 3.27. The molecule has 1 aliphatic heterocycles. The molecule has 2 rings (SSSR count). The molecule has 0 atom stereocenters. The highest BCUT2D eigenvalue weighted by Gasteiger charge is 2.21. The number of nitrogen functional groups attached to an aromatic ring is 1. The maximum absolute atomic E-state index is 11.1. The maximum atomic E-state index is 11.1. The van der Waals surface area contributed by atoms with Crippen molar-refractivity contribution in [3.05, 3.63) is 0 Å². The van der Waals surface area contributed by atoms with E-state index in [4.69, 9.17) is 10.5 Å². The van der Waals surface area contributed by atoms with Crippen LogP contribution in [0.5, 0.6) is 0 Å². The van der Waals surface area contributed by atoms with E-state index in [-0.39, 0.29) is 6.09 Å². The van der Waals surface area contributed by atoms with Crippen molar-refractivity contribution in [2.45, 2.75) is 4.34 Å². The molecule has 15 heavy (non-hydrogen) atoms. The van der Waals surface area contributed by atoms with E-state index in [1.807, 2.05) is 0 Å². The summed E-state index contributed by atoms with van der Waals surface area (Å²) in [5.41, 5.74) is 5.44. The molecule has 1 fully saturated rings. The van der Waals surface area contributed by atoms with Gasteiger partial charge in [0.1, 0.15) is 6.61 Å². The lowest BCUT2D eigenvalue weighted by Gasteiger charge is -2.10. The van der Waals surface area contributed by atoms with E-state index < -0.39 is 0 Å². The summed E-state index contributed by atoms with van der Waals surface area (Å²) in [6.07, 6.45) is -0.229. The van der Waals surface area contributed by atoms with E-state index in [9.17, 15) is 4.79 Å². The molecule has 6 nitrogen and oxygen atoms in total. The molecule has 2 N–H and O–H groups in total. The third kappa shape index (κ3) is 2.72. The molecule has 0 unspecified atom stereocenters. The number of nitrogens with zero attached hydrogens (tertiary/aromatic N) is 3. The minimum Gasteiger partial charge on any atom is -0.448 e. The highest BCUT2D eigenvalue weighted by atomic mass is 32.2. The number of hydrogen-bond acceptors (Lipinski definition) is 7. The molecule has 8 heteroatoms. The summed E-state index contributed by atoms with van der Waals surface area (Å²) < 4.78 is 5.64. The normalized spacial score (nSPS) is 15.7. The minimum absolute atomic E-state index is 0.229. The number of cyclic esters (lactones) is 1. The van der Waals surface area contributed by atoms with Gasteiger partial charge in [-0.1, -0.05) is 23.1 Å². The second kappa shape index (κ2) is 4.67. The predicted molar refractivity (Wildman–Crippen MR) is 58.0 cm³/mol. The van der Waals surface area contributed by atoms with Crippen molar-refractivity contribution in [1.82, 2.24) is 15.1 Å². The van der Waals surface area contributed by atoms with Gasteiger partial charge in [0.05, 0.1) is 6.54 Å². The molecule has 2 heterocycles. The number of nitrogens with two attached hydrogens (primary N) is 1. The van der Waals surface area contributed by atoms with Crippen LogP contribution in [-0.4, -0.2) is 46.6 Å². The third-order valence-electron chi connectivity index (χ3n) is 1.85. The largest absolute Gasteiger partial charge is 0.448 e. The Morgan fingerprint density at radius 2 is 2.47 bits per heavy atom. The van der Waals surface area contributed by atoms with Gasteiger partial charge in [0, 0.05) is 12.3 Å². The number of amides is 1. The highest BCUT2D eigenvalue weighted by Crippen LogP contribution is 2.23. The van der Waals surface area contributed by atoms with E-state index in [2.05, 4.69) is 10.2 Å². The van der Waals surface area contributed by atoms with Crippen molar-refractivity contribution in [2.24, 2.45) is 0 Å². The van der Waals surface area contributed by atoms with Crippen LogP contribution in [0.15, 0.2) is 4.34 Å². The molecule has 1 aromatic rings. The molecular formula is C7H10N4O2S2. The fraction of sp³-hybridized carbons (Fsp3) is 0.571. The molecule has 0 spiro atoms. The Balaban J connectivity index is 1.73. The highest BCUT2D eigenvalue weighted by molar-refractivity contribution is 8.01. The van der Waals surface area contributed by atoms with Crippen molar-refractivity contribution in [3.8, 4) is 0 Å². The lowest BCUT2D eigenvalue weighted by molar-refractivity contribution is 0.160. The van der Waals surface area contributed by atoms with Crippen LogP contribution < -0.4 is 5.73 Å². The minimum atomic E-state index is -0.229. The fourth-order valence-electron chi connectivity index (χ4n) is 1.15. The van der Waals surface area contributed by atoms with Crippen molar-refractivity contribution >= 4 is 34.3 Å². The molecule has 0 aliphatic carbocycles. The predicted octanol–water partition coefficient (Wildman–Crippen LogP) is 0.665. The lowest BCUT2D eigenvalue weighted by atomic mass is 10.6. The first kappa shape index (κ1) is 10.5. The van der Waals surface area contributed by atoms with Gasteiger partial charge in [0.15, 0.2) is 4.34 Å². The Labute approximate surface area is 94.8 Å². The lowest BCUT2D eigenvalue weighted by Crippen LogP contribution is -2.26. The average molecular weight is 246 g/mol. The molecule has 1 aliphatic rings. The zero-order chi connectivity index (χ0) is 10.7. The van der Waals surface area contributed by atoms with Gasteiger partial charge in [-0.15, -0.1) is 10.2 Å². The van der Waals surface area contributed by atoms with Crippen molar-refractivity contribution in [1.29, 1.82) is 0 Å². The summed E-state index contributed by atoms with van der Waals surface area (Å²) in [7, 11) is 0. The number of anilines is 1. The van der Waals surface area contributed by atoms with E-state index in [1.54, 1.807) is 16.7 Å². The number of carbonyl (C=O) groups is 1. The van der Waals surface area contributed by atoms with Gasteiger partial charge in [0.25, 0.3) is 0 Å². The monoisotopic (exact) mass is 246 g/mol. The Hall–Kier alpha value is -1.02. The van der Waals surface area contributed by atoms with E-state index >= 15 is 0 Å². The first-order valence-corrected chi connectivity index (χ1v) is 6.19. The van der Waals surface area contributed by atoms with Gasteiger partial charge in [-0.05, 0) is 0 Å². The van der Waals surface area contributed by atoms with Crippen LogP contribution in [0.2, 0.25) is 0 Å². The zero-order valence-electron chi connectivity index (χ0n) is 7.88. The molecule has 0 radical (unpaired) electrons. The van der Waals surface area contributed by atoms with E-state index in [0.717, 1.165) is 10.1 Å². The van der Waals surface area contributed by atoms with Crippen LogP contribution in [0, 0.1) is 0 Å². The van der Waals surface area contributed by atoms with Gasteiger partial charge < -0.3 is 15.4 Å². The summed E-state index contributed by atoms with van der Waals surface area (Å²) >= 11 is 2.90. The third-order valence-corrected chi connectivity index (χ3v) is 3.72. The first-order chi connectivity index (χ1) is 7.25. The summed E-state index contributed by atoms with van der Waals surface area (Å²) in [6, 6.07) is 0. The number of hydrogen-bond donors (Lipinski definition) is 1. The second-order valence-electron chi connectivity index (χ2n) is 2.86. The topological polar surface area (TPSA) is 81.3 Å². The average Bonchev–Trinajstić information content (AvgIpc) is 2.77. The molecule has 0 saturated carbocycles. The Morgan fingerprint density at radius 3 is 3.07 bits per heavy atom. The molecule has 1 aromatic heterocycles. The van der Waals surface area contributed by atoms with E-state index in [0.29, 0.717) is 24.8 Å². The standard InChI is InChI=1S/C7H10N4O2S2/c8-5-9-10-6(15-5)14-4-2-11-1-3-13-7(11)12/h1-4H2,(H2,8,9). The Bertz CT molecular complexity index is 357. The van der Waals surface area contributed by atoms with Crippen molar-refractivity contribution in [2.75, 3.05) is 31.2 Å². The summed E-state index contributed by atoms with van der Waals surface area (Å²) in [4.78, 5) is 12.7. The van der Waals surface area contributed by atoms with Crippen LogP contribution in [0.3, 0.4) is 0 Å².